The maximum absolute atomic E-state index is 8.84. The Balaban J connectivity index is 1.98. The van der Waals surface area contributed by atoms with Crippen molar-refractivity contribution in [3.63, 3.8) is 0 Å². The average molecular weight is 274 g/mol. The van der Waals surface area contributed by atoms with Crippen LogP contribution in [-0.2, 0) is 0 Å². The molecule has 0 radical (unpaired) electrons. The number of hydrogen-bond donors (Lipinski definition) is 2. The molecule has 0 bridgehead atoms. The van der Waals surface area contributed by atoms with Crippen molar-refractivity contribution in [3.8, 4) is 5.69 Å². The van der Waals surface area contributed by atoms with Crippen LogP contribution in [0.25, 0.3) is 5.69 Å². The van der Waals surface area contributed by atoms with Crippen LogP contribution in [0.15, 0.2) is 36.5 Å². The van der Waals surface area contributed by atoms with Gasteiger partial charge in [0.2, 0.25) is 0 Å². The van der Waals surface area contributed by atoms with E-state index in [1.54, 1.807) is 4.68 Å². The van der Waals surface area contributed by atoms with Crippen LogP contribution in [0, 0.1) is 0 Å². The minimum atomic E-state index is 0.140. The number of para-hydroxylation sites is 1. The minimum Gasteiger partial charge on any atom is -0.396 e. The summed E-state index contributed by atoms with van der Waals surface area (Å²) in [6, 6.07) is 10.4. The molecule has 0 saturated carbocycles. The Kier molecular flexibility index (Phi) is 5.26. The molecule has 5 heteroatoms. The van der Waals surface area contributed by atoms with E-state index in [2.05, 4.69) is 29.5 Å². The minimum absolute atomic E-state index is 0.140. The first-order chi connectivity index (χ1) is 9.70. The topological polar surface area (TPSA) is 63.0 Å². The van der Waals surface area contributed by atoms with Gasteiger partial charge in [0.25, 0.3) is 0 Å². The summed E-state index contributed by atoms with van der Waals surface area (Å²) in [5, 5.41) is 20.7. The van der Waals surface area contributed by atoms with Crippen LogP contribution >= 0.6 is 0 Å². The number of hydrogen-bond acceptors (Lipinski definition) is 4. The van der Waals surface area contributed by atoms with Crippen LogP contribution in [0.2, 0.25) is 0 Å². The van der Waals surface area contributed by atoms with Crippen molar-refractivity contribution in [1.82, 2.24) is 20.3 Å². The predicted octanol–water partition coefficient (Wildman–Crippen LogP) is 2.08. The van der Waals surface area contributed by atoms with Crippen molar-refractivity contribution in [1.29, 1.82) is 0 Å². The largest absolute Gasteiger partial charge is 0.396 e. The molecule has 2 N–H and O–H groups in total. The first kappa shape index (κ1) is 14.7. The lowest BCUT2D eigenvalue weighted by Gasteiger charge is -2.17. The molecule has 0 aliphatic carbocycles. The van der Waals surface area contributed by atoms with Gasteiger partial charge in [-0.3, -0.25) is 0 Å². The Hall–Kier alpha value is -1.72. The van der Waals surface area contributed by atoms with Crippen molar-refractivity contribution in [2.24, 2.45) is 0 Å². The number of aliphatic hydroxyl groups is 1. The molecule has 1 heterocycles. The molecule has 0 aliphatic heterocycles. The van der Waals surface area contributed by atoms with Crippen molar-refractivity contribution in [2.45, 2.75) is 38.8 Å². The first-order valence-corrected chi connectivity index (χ1v) is 7.05. The van der Waals surface area contributed by atoms with Crippen LogP contribution in [0.5, 0.6) is 0 Å². The molecule has 2 rings (SSSR count). The van der Waals surface area contributed by atoms with E-state index in [1.807, 2.05) is 36.5 Å². The van der Waals surface area contributed by atoms with E-state index in [0.717, 1.165) is 24.2 Å². The Labute approximate surface area is 119 Å². The van der Waals surface area contributed by atoms with Crippen molar-refractivity contribution in [3.05, 3.63) is 42.2 Å². The number of benzene rings is 1. The fourth-order valence-electron chi connectivity index (χ4n) is 2.18. The zero-order chi connectivity index (χ0) is 14.4. The zero-order valence-electron chi connectivity index (χ0n) is 12.0. The van der Waals surface area contributed by atoms with Crippen LogP contribution in [0.4, 0.5) is 0 Å². The van der Waals surface area contributed by atoms with E-state index < -0.39 is 0 Å². The van der Waals surface area contributed by atoms with Crippen molar-refractivity contribution < 1.29 is 5.11 Å². The van der Waals surface area contributed by atoms with Gasteiger partial charge in [0.05, 0.1) is 23.6 Å². The first-order valence-electron chi connectivity index (χ1n) is 7.05. The summed E-state index contributed by atoms with van der Waals surface area (Å²) in [7, 11) is 0. The van der Waals surface area contributed by atoms with Gasteiger partial charge in [-0.1, -0.05) is 23.4 Å². The Morgan fingerprint density at radius 2 is 2.00 bits per heavy atom. The summed E-state index contributed by atoms with van der Waals surface area (Å²) in [5.41, 5.74) is 1.93. The summed E-state index contributed by atoms with van der Waals surface area (Å²) in [6.45, 7) is 4.44. The number of rotatable bonds is 7. The molecule has 2 unspecified atom stereocenters. The molecule has 2 aromatic rings. The molecule has 2 atom stereocenters. The summed E-state index contributed by atoms with van der Waals surface area (Å²) in [4.78, 5) is 0. The predicted molar refractivity (Wildman–Crippen MR) is 78.7 cm³/mol. The molecule has 108 valence electrons. The highest BCUT2D eigenvalue weighted by Crippen LogP contribution is 2.13. The van der Waals surface area contributed by atoms with Gasteiger partial charge in [-0.15, -0.1) is 5.10 Å². The molecule has 0 spiro atoms. The molecule has 5 nitrogen and oxygen atoms in total. The third-order valence-corrected chi connectivity index (χ3v) is 3.31. The lowest BCUT2D eigenvalue weighted by molar-refractivity contribution is 0.274. The number of aromatic nitrogens is 3. The van der Waals surface area contributed by atoms with Gasteiger partial charge in [-0.05, 0) is 38.8 Å². The van der Waals surface area contributed by atoms with Gasteiger partial charge in [0.1, 0.15) is 0 Å². The fourth-order valence-corrected chi connectivity index (χ4v) is 2.18. The molecule has 0 aliphatic rings. The third kappa shape index (κ3) is 3.88. The lowest BCUT2D eigenvalue weighted by Crippen LogP contribution is -2.29. The van der Waals surface area contributed by atoms with Crippen LogP contribution in [-0.4, -0.2) is 32.7 Å². The van der Waals surface area contributed by atoms with Crippen LogP contribution < -0.4 is 5.32 Å². The summed E-state index contributed by atoms with van der Waals surface area (Å²) >= 11 is 0. The van der Waals surface area contributed by atoms with E-state index in [9.17, 15) is 0 Å². The van der Waals surface area contributed by atoms with Crippen molar-refractivity contribution in [2.75, 3.05) is 6.61 Å². The smallest absolute Gasteiger partial charge is 0.0998 e. The lowest BCUT2D eigenvalue weighted by atomic mass is 10.1. The second-order valence-corrected chi connectivity index (χ2v) is 5.08. The molecule has 0 amide bonds. The highest BCUT2D eigenvalue weighted by Gasteiger charge is 2.13. The molecular weight excluding hydrogens is 252 g/mol. The Morgan fingerprint density at radius 1 is 1.25 bits per heavy atom. The number of aliphatic hydroxyl groups excluding tert-OH is 1. The molecular formula is C15H22N4O. The normalized spacial score (nSPS) is 14.2. The van der Waals surface area contributed by atoms with Gasteiger partial charge in [0.15, 0.2) is 0 Å². The molecule has 0 saturated heterocycles. The molecule has 0 fully saturated rings. The summed E-state index contributed by atoms with van der Waals surface area (Å²) < 4.78 is 1.78. The average Bonchev–Trinajstić information content (AvgIpc) is 2.96. The highest BCUT2D eigenvalue weighted by atomic mass is 16.2. The number of nitrogens with one attached hydrogen (secondary N) is 1. The van der Waals surface area contributed by atoms with Gasteiger partial charge in [-0.2, -0.15) is 0 Å². The highest BCUT2D eigenvalue weighted by molar-refractivity contribution is 5.30. The van der Waals surface area contributed by atoms with Crippen molar-refractivity contribution >= 4 is 0 Å². The quantitative estimate of drug-likeness (QED) is 0.811. The van der Waals surface area contributed by atoms with Gasteiger partial charge in [0, 0.05) is 12.6 Å². The van der Waals surface area contributed by atoms with E-state index >= 15 is 0 Å². The standard InChI is InChI=1S/C15H22N4O/c1-12(7-6-10-20)16-13(2)15-11-19(18-17-15)14-8-4-3-5-9-14/h3-5,8-9,11-13,16,20H,6-7,10H2,1-2H3. The monoisotopic (exact) mass is 274 g/mol. The summed E-state index contributed by atoms with van der Waals surface area (Å²) in [5.74, 6) is 0. The van der Waals surface area contributed by atoms with E-state index in [1.165, 1.54) is 0 Å². The molecule has 1 aromatic carbocycles. The maximum atomic E-state index is 8.84. The van der Waals surface area contributed by atoms with E-state index in [-0.39, 0.29) is 12.6 Å². The third-order valence-electron chi connectivity index (χ3n) is 3.31. The Morgan fingerprint density at radius 3 is 2.70 bits per heavy atom. The summed E-state index contributed by atoms with van der Waals surface area (Å²) in [6.07, 6.45) is 3.72. The van der Waals surface area contributed by atoms with Crippen LogP contribution in [0.3, 0.4) is 0 Å². The van der Waals surface area contributed by atoms with Gasteiger partial charge >= 0.3 is 0 Å². The van der Waals surface area contributed by atoms with Gasteiger partial charge in [-0.25, -0.2) is 4.68 Å². The second-order valence-electron chi connectivity index (χ2n) is 5.08. The molecule has 1 aromatic heterocycles. The maximum Gasteiger partial charge on any atom is 0.0998 e. The molecule has 20 heavy (non-hydrogen) atoms. The van der Waals surface area contributed by atoms with E-state index in [0.29, 0.717) is 6.04 Å². The second kappa shape index (κ2) is 7.17. The zero-order valence-corrected chi connectivity index (χ0v) is 12.0. The Bertz CT molecular complexity index is 512. The van der Waals surface area contributed by atoms with E-state index in [4.69, 9.17) is 5.11 Å². The van der Waals surface area contributed by atoms with Gasteiger partial charge < -0.3 is 10.4 Å². The SMILES string of the molecule is CC(CCCO)NC(C)c1cn(-c2ccccc2)nn1. The van der Waals surface area contributed by atoms with Crippen LogP contribution in [0.1, 0.15) is 38.4 Å². The number of nitrogens with zero attached hydrogens (tertiary/aromatic N) is 3. The fraction of sp³-hybridized carbons (Fsp3) is 0.467.